The van der Waals surface area contributed by atoms with Crippen LogP contribution in [0.2, 0.25) is 0 Å². The number of Topliss-reactive ketones (excluding diaryl/α,β-unsaturated/α-hetero) is 1. The Morgan fingerprint density at radius 3 is 2.60 bits per heavy atom. The van der Waals surface area contributed by atoms with Crippen molar-refractivity contribution in [2.45, 2.75) is 6.92 Å². The summed E-state index contributed by atoms with van der Waals surface area (Å²) in [5.41, 5.74) is 5.80. The molecule has 1 fully saturated rings. The Morgan fingerprint density at radius 1 is 1.53 bits per heavy atom. The molecule has 1 aliphatic heterocycles. The predicted molar refractivity (Wildman–Crippen MR) is 54.8 cm³/mol. The van der Waals surface area contributed by atoms with E-state index in [2.05, 4.69) is 0 Å². The van der Waals surface area contributed by atoms with Crippen molar-refractivity contribution in [2.24, 2.45) is 5.73 Å². The molecule has 0 radical (unpaired) electrons. The Hall–Kier alpha value is -1.38. The van der Waals surface area contributed by atoms with Crippen molar-refractivity contribution in [3.05, 3.63) is 11.3 Å². The third-order valence-electron chi connectivity index (χ3n) is 2.26. The second-order valence-corrected chi connectivity index (χ2v) is 3.48. The minimum Gasteiger partial charge on any atom is -0.401 e. The van der Waals surface area contributed by atoms with E-state index in [4.69, 9.17) is 15.7 Å². The maximum absolute atomic E-state index is 11.6. The van der Waals surface area contributed by atoms with Gasteiger partial charge in [-0.05, 0) is 6.92 Å². The summed E-state index contributed by atoms with van der Waals surface area (Å²) in [6, 6.07) is 1.84. The number of nitrogens with two attached hydrogens (primary N) is 1. The summed E-state index contributed by atoms with van der Waals surface area (Å²) >= 11 is 0. The quantitative estimate of drug-likeness (QED) is 0.507. The van der Waals surface area contributed by atoms with Crippen LogP contribution in [-0.4, -0.2) is 43.5 Å². The van der Waals surface area contributed by atoms with Gasteiger partial charge >= 0.3 is 0 Å². The lowest BCUT2D eigenvalue weighted by Crippen LogP contribution is -2.40. The summed E-state index contributed by atoms with van der Waals surface area (Å²) in [5.74, 6) is -0.209. The van der Waals surface area contributed by atoms with Crippen molar-refractivity contribution in [2.75, 3.05) is 32.8 Å². The zero-order valence-corrected chi connectivity index (χ0v) is 8.82. The zero-order valence-electron chi connectivity index (χ0n) is 8.82. The highest BCUT2D eigenvalue weighted by atomic mass is 16.5. The summed E-state index contributed by atoms with van der Waals surface area (Å²) in [7, 11) is 0. The van der Waals surface area contributed by atoms with E-state index in [1.54, 1.807) is 6.92 Å². The highest BCUT2D eigenvalue weighted by Gasteiger charge is 2.17. The molecule has 0 bridgehead atoms. The minimum atomic E-state index is -0.209. The summed E-state index contributed by atoms with van der Waals surface area (Å²) < 4.78 is 5.16. The van der Waals surface area contributed by atoms with Crippen molar-refractivity contribution >= 4 is 5.78 Å². The van der Waals surface area contributed by atoms with Crippen LogP contribution in [0.25, 0.3) is 0 Å². The molecule has 0 aromatic carbocycles. The van der Waals surface area contributed by atoms with Gasteiger partial charge in [-0.15, -0.1) is 0 Å². The molecule has 0 spiro atoms. The number of ketones is 1. The zero-order chi connectivity index (χ0) is 11.3. The molecule has 0 aromatic heterocycles. The SMILES string of the molecule is C/C(N)=C(\C#N)C(=O)CN1CCOCC1. The number of nitrogens with zero attached hydrogens (tertiary/aromatic N) is 2. The number of nitriles is 1. The van der Waals surface area contributed by atoms with E-state index < -0.39 is 0 Å². The molecule has 82 valence electrons. The third kappa shape index (κ3) is 3.35. The molecular weight excluding hydrogens is 194 g/mol. The molecule has 1 rings (SSSR count). The number of allylic oxidation sites excluding steroid dienone is 1. The fourth-order valence-electron chi connectivity index (χ4n) is 1.41. The number of carbonyl (C=O) groups is 1. The standard InChI is InChI=1S/C10H15N3O2/c1-8(12)9(6-11)10(14)7-13-2-4-15-5-3-13/h2-5,7,12H2,1H3/b9-8-. The van der Waals surface area contributed by atoms with Gasteiger partial charge in [0.05, 0.1) is 19.8 Å². The second-order valence-electron chi connectivity index (χ2n) is 3.48. The van der Waals surface area contributed by atoms with Gasteiger partial charge in [0.15, 0.2) is 5.78 Å². The molecule has 1 heterocycles. The smallest absolute Gasteiger partial charge is 0.189 e. The number of ether oxygens (including phenoxy) is 1. The van der Waals surface area contributed by atoms with E-state index in [-0.39, 0.29) is 23.6 Å². The molecule has 5 nitrogen and oxygen atoms in total. The van der Waals surface area contributed by atoms with Crippen LogP contribution in [0, 0.1) is 11.3 Å². The Bertz CT molecular complexity index is 307. The van der Waals surface area contributed by atoms with Gasteiger partial charge in [0, 0.05) is 18.8 Å². The van der Waals surface area contributed by atoms with Crippen LogP contribution in [0.4, 0.5) is 0 Å². The largest absolute Gasteiger partial charge is 0.401 e. The Morgan fingerprint density at radius 2 is 2.13 bits per heavy atom. The lowest BCUT2D eigenvalue weighted by Gasteiger charge is -2.25. The fourth-order valence-corrected chi connectivity index (χ4v) is 1.41. The molecular formula is C10H15N3O2. The van der Waals surface area contributed by atoms with E-state index >= 15 is 0 Å². The second kappa shape index (κ2) is 5.49. The summed E-state index contributed by atoms with van der Waals surface area (Å²) in [6.07, 6.45) is 0. The van der Waals surface area contributed by atoms with Crippen molar-refractivity contribution in [1.29, 1.82) is 5.26 Å². The van der Waals surface area contributed by atoms with E-state index in [9.17, 15) is 4.79 Å². The highest BCUT2D eigenvalue weighted by Crippen LogP contribution is 2.03. The van der Waals surface area contributed by atoms with Gasteiger partial charge in [0.25, 0.3) is 0 Å². The molecule has 0 aromatic rings. The minimum absolute atomic E-state index is 0.0708. The summed E-state index contributed by atoms with van der Waals surface area (Å²) in [6.45, 7) is 4.56. The number of hydrogen-bond acceptors (Lipinski definition) is 5. The molecule has 0 aliphatic carbocycles. The maximum atomic E-state index is 11.6. The number of rotatable bonds is 3. The van der Waals surface area contributed by atoms with Crippen LogP contribution in [0.5, 0.6) is 0 Å². The van der Waals surface area contributed by atoms with Crippen molar-refractivity contribution in [3.63, 3.8) is 0 Å². The van der Waals surface area contributed by atoms with Crippen LogP contribution in [-0.2, 0) is 9.53 Å². The first kappa shape index (κ1) is 11.7. The Labute approximate surface area is 89.1 Å². The van der Waals surface area contributed by atoms with Gasteiger partial charge < -0.3 is 10.5 Å². The van der Waals surface area contributed by atoms with Crippen LogP contribution in [0.15, 0.2) is 11.3 Å². The van der Waals surface area contributed by atoms with Crippen molar-refractivity contribution < 1.29 is 9.53 Å². The van der Waals surface area contributed by atoms with E-state index in [1.165, 1.54) is 0 Å². The molecule has 0 amide bonds. The lowest BCUT2D eigenvalue weighted by atomic mass is 10.1. The molecule has 1 saturated heterocycles. The van der Waals surface area contributed by atoms with Gasteiger partial charge in [-0.2, -0.15) is 5.26 Å². The fraction of sp³-hybridized carbons (Fsp3) is 0.600. The first-order valence-corrected chi connectivity index (χ1v) is 4.85. The van der Waals surface area contributed by atoms with Gasteiger partial charge in [-0.1, -0.05) is 0 Å². The molecule has 2 N–H and O–H groups in total. The predicted octanol–water partition coefficient (Wildman–Crippen LogP) is -0.356. The molecule has 0 atom stereocenters. The third-order valence-corrected chi connectivity index (χ3v) is 2.26. The van der Waals surface area contributed by atoms with Gasteiger partial charge in [0.1, 0.15) is 11.6 Å². The summed E-state index contributed by atoms with van der Waals surface area (Å²) in [5, 5.41) is 8.74. The molecule has 15 heavy (non-hydrogen) atoms. The van der Waals surface area contributed by atoms with Crippen LogP contribution >= 0.6 is 0 Å². The van der Waals surface area contributed by atoms with E-state index in [0.29, 0.717) is 13.2 Å². The molecule has 0 saturated carbocycles. The molecule has 0 unspecified atom stereocenters. The Balaban J connectivity index is 2.55. The van der Waals surface area contributed by atoms with Crippen LogP contribution < -0.4 is 5.73 Å². The van der Waals surface area contributed by atoms with Gasteiger partial charge in [0.2, 0.25) is 0 Å². The van der Waals surface area contributed by atoms with Crippen molar-refractivity contribution in [1.82, 2.24) is 4.90 Å². The Kier molecular flexibility index (Phi) is 4.28. The topological polar surface area (TPSA) is 79.3 Å². The first-order chi connectivity index (χ1) is 7.15. The van der Waals surface area contributed by atoms with E-state index in [0.717, 1.165) is 13.1 Å². The molecule has 1 aliphatic rings. The number of morpholine rings is 1. The molecule has 5 heteroatoms. The van der Waals surface area contributed by atoms with Crippen LogP contribution in [0.3, 0.4) is 0 Å². The lowest BCUT2D eigenvalue weighted by molar-refractivity contribution is -0.117. The first-order valence-electron chi connectivity index (χ1n) is 4.85. The average Bonchev–Trinajstić information content (AvgIpc) is 2.19. The highest BCUT2D eigenvalue weighted by molar-refractivity contribution is 6.00. The number of hydrogen-bond donors (Lipinski definition) is 1. The normalized spacial score (nSPS) is 19.2. The van der Waals surface area contributed by atoms with Crippen LogP contribution in [0.1, 0.15) is 6.92 Å². The number of carbonyl (C=O) groups excluding carboxylic acids is 1. The summed E-state index contributed by atoms with van der Waals surface area (Å²) in [4.78, 5) is 13.6. The average molecular weight is 209 g/mol. The van der Waals surface area contributed by atoms with Gasteiger partial charge in [-0.3, -0.25) is 9.69 Å². The van der Waals surface area contributed by atoms with Gasteiger partial charge in [-0.25, -0.2) is 0 Å². The van der Waals surface area contributed by atoms with Crippen molar-refractivity contribution in [3.8, 4) is 6.07 Å². The monoisotopic (exact) mass is 209 g/mol. The van der Waals surface area contributed by atoms with E-state index in [1.807, 2.05) is 11.0 Å². The maximum Gasteiger partial charge on any atom is 0.189 e.